The summed E-state index contributed by atoms with van der Waals surface area (Å²) in [6.45, 7) is 2.25. The van der Waals surface area contributed by atoms with Gasteiger partial charge in [-0.05, 0) is 91.0 Å². The number of allylic oxidation sites excluding steroid dienone is 4. The summed E-state index contributed by atoms with van der Waals surface area (Å²) in [4.78, 5) is 9.39. The smallest absolute Gasteiger partial charge is 0.0751 e. The molecule has 210 valence electrons. The van der Waals surface area contributed by atoms with Crippen LogP contribution >= 0.6 is 0 Å². The molecular weight excluding hydrogens is 520 g/mol. The number of benzene rings is 5. The van der Waals surface area contributed by atoms with Gasteiger partial charge in [0.25, 0.3) is 0 Å². The largest absolute Gasteiger partial charge is 0.289 e. The van der Waals surface area contributed by atoms with Crippen LogP contribution in [0.3, 0.4) is 0 Å². The van der Waals surface area contributed by atoms with Crippen molar-refractivity contribution in [3.8, 4) is 11.1 Å². The predicted octanol–water partition coefficient (Wildman–Crippen LogP) is 11.1. The number of nitrogens with zero attached hydrogens (tertiary/aromatic N) is 2. The summed E-state index contributed by atoms with van der Waals surface area (Å²) in [6, 6.07) is 35.7. The molecule has 1 aliphatic carbocycles. The van der Waals surface area contributed by atoms with Crippen LogP contribution in [0.25, 0.3) is 49.0 Å². The zero-order valence-corrected chi connectivity index (χ0v) is 24.7. The van der Waals surface area contributed by atoms with Crippen LogP contribution in [0.1, 0.15) is 55.3 Å². The Hall–Kier alpha value is -4.82. The molecule has 0 fully saturated rings. The van der Waals surface area contributed by atoms with E-state index in [2.05, 4.69) is 127 Å². The van der Waals surface area contributed by atoms with E-state index >= 15 is 0 Å². The fourth-order valence-corrected chi connectivity index (χ4v) is 6.76. The molecule has 0 bridgehead atoms. The van der Waals surface area contributed by atoms with Gasteiger partial charge in [0.15, 0.2) is 0 Å². The zero-order chi connectivity index (χ0) is 29.0. The van der Waals surface area contributed by atoms with Crippen LogP contribution in [-0.2, 0) is 6.42 Å². The van der Waals surface area contributed by atoms with Gasteiger partial charge in [-0.25, -0.2) is 0 Å². The van der Waals surface area contributed by atoms with Crippen molar-refractivity contribution in [2.24, 2.45) is 4.99 Å². The molecule has 1 aliphatic rings. The molecule has 1 heterocycles. The lowest BCUT2D eigenvalue weighted by Crippen LogP contribution is -1.99. The molecular formula is C41H36N2. The average molecular weight is 557 g/mol. The lowest BCUT2D eigenvalue weighted by molar-refractivity contribution is 0.646. The number of pyridine rings is 1. The fourth-order valence-electron chi connectivity index (χ4n) is 6.76. The molecule has 1 atom stereocenters. The van der Waals surface area contributed by atoms with E-state index in [1.54, 1.807) is 0 Å². The number of aliphatic imine (C=N–C) groups is 1. The van der Waals surface area contributed by atoms with Gasteiger partial charge in [0.1, 0.15) is 0 Å². The molecule has 2 nitrogen and oxygen atoms in total. The summed E-state index contributed by atoms with van der Waals surface area (Å²) >= 11 is 0. The Bertz CT molecular complexity index is 1960. The summed E-state index contributed by atoms with van der Waals surface area (Å²) in [5, 5.41) is 7.79. The number of hydrogen-bond donors (Lipinski definition) is 0. The Labute approximate surface area is 254 Å². The number of rotatable bonds is 8. The second-order valence-electron chi connectivity index (χ2n) is 11.4. The molecule has 0 saturated carbocycles. The van der Waals surface area contributed by atoms with E-state index in [1.165, 1.54) is 65.7 Å². The van der Waals surface area contributed by atoms with Gasteiger partial charge in [0.05, 0.1) is 6.04 Å². The fraction of sp³-hybridized carbons (Fsp3) is 0.171. The normalized spacial score (nSPS) is 14.1. The van der Waals surface area contributed by atoms with E-state index in [0.717, 1.165) is 32.1 Å². The molecule has 0 spiro atoms. The Morgan fingerprint density at radius 1 is 0.721 bits per heavy atom. The van der Waals surface area contributed by atoms with Crippen molar-refractivity contribution in [1.82, 2.24) is 4.98 Å². The van der Waals surface area contributed by atoms with Crippen LogP contribution in [0, 0.1) is 0 Å². The van der Waals surface area contributed by atoms with Crippen molar-refractivity contribution in [3.05, 3.63) is 144 Å². The quantitative estimate of drug-likeness (QED) is 0.135. The van der Waals surface area contributed by atoms with Gasteiger partial charge in [-0.1, -0.05) is 123 Å². The average Bonchev–Trinajstić information content (AvgIpc) is 3.07. The maximum absolute atomic E-state index is 5.13. The van der Waals surface area contributed by atoms with E-state index in [1.807, 2.05) is 18.5 Å². The molecule has 0 radical (unpaired) electrons. The molecule has 1 unspecified atom stereocenters. The van der Waals surface area contributed by atoms with Gasteiger partial charge >= 0.3 is 0 Å². The van der Waals surface area contributed by atoms with Gasteiger partial charge in [0.2, 0.25) is 0 Å². The number of hydrogen-bond acceptors (Lipinski definition) is 2. The number of aromatic nitrogens is 1. The van der Waals surface area contributed by atoms with Crippen LogP contribution < -0.4 is 0 Å². The monoisotopic (exact) mass is 556 g/mol. The van der Waals surface area contributed by atoms with Gasteiger partial charge in [-0.15, -0.1) is 0 Å². The van der Waals surface area contributed by atoms with Gasteiger partial charge in [-0.2, -0.15) is 0 Å². The summed E-state index contributed by atoms with van der Waals surface area (Å²) in [5.41, 5.74) is 7.75. The van der Waals surface area contributed by atoms with Crippen LogP contribution in [-0.4, -0.2) is 11.2 Å². The minimum Gasteiger partial charge on any atom is -0.289 e. The molecule has 1 aromatic heterocycles. The van der Waals surface area contributed by atoms with E-state index in [0.29, 0.717) is 0 Å². The molecule has 0 saturated heterocycles. The highest BCUT2D eigenvalue weighted by atomic mass is 14.8. The van der Waals surface area contributed by atoms with Crippen LogP contribution in [0.5, 0.6) is 0 Å². The maximum atomic E-state index is 5.13. The van der Waals surface area contributed by atoms with Crippen molar-refractivity contribution in [2.75, 3.05) is 0 Å². The minimum absolute atomic E-state index is 0.113. The van der Waals surface area contributed by atoms with E-state index < -0.39 is 0 Å². The van der Waals surface area contributed by atoms with Crippen LogP contribution in [0.15, 0.2) is 133 Å². The standard InChI is InChI=1S/C41H36N2/c1-2-13-39(43-27-25-29-14-12-26-42-28-29)33-23-10-22-32-31(33)21-11-24-34(32)41-37-19-8-6-17-35(37)40(30-15-4-3-5-16-30)36-18-7-9-20-38(36)41/h4,6-12,14-24,26-28,39H,2-3,5,13,25H2,1H3/b43-27-. The molecule has 2 heteroatoms. The molecule has 0 N–H and O–H groups in total. The third-order valence-electron chi connectivity index (χ3n) is 8.70. The van der Waals surface area contributed by atoms with Gasteiger partial charge in [0, 0.05) is 25.0 Å². The van der Waals surface area contributed by atoms with Crippen molar-refractivity contribution < 1.29 is 0 Å². The van der Waals surface area contributed by atoms with Crippen molar-refractivity contribution >= 4 is 44.1 Å². The maximum Gasteiger partial charge on any atom is 0.0751 e. The Morgan fingerprint density at radius 3 is 2.09 bits per heavy atom. The first-order valence-electron chi connectivity index (χ1n) is 15.6. The highest BCUT2D eigenvalue weighted by Crippen LogP contribution is 2.45. The van der Waals surface area contributed by atoms with E-state index in [-0.39, 0.29) is 6.04 Å². The van der Waals surface area contributed by atoms with Crippen molar-refractivity contribution in [3.63, 3.8) is 0 Å². The van der Waals surface area contributed by atoms with Crippen molar-refractivity contribution in [1.29, 1.82) is 0 Å². The number of fused-ring (bicyclic) bond motifs is 3. The Balaban J connectivity index is 1.42. The van der Waals surface area contributed by atoms with E-state index in [4.69, 9.17) is 4.99 Å². The molecule has 7 rings (SSSR count). The lowest BCUT2D eigenvalue weighted by atomic mass is 9.83. The molecule has 0 aliphatic heterocycles. The third-order valence-corrected chi connectivity index (χ3v) is 8.70. The van der Waals surface area contributed by atoms with Gasteiger partial charge < -0.3 is 0 Å². The first kappa shape index (κ1) is 27.0. The van der Waals surface area contributed by atoms with E-state index in [9.17, 15) is 0 Å². The lowest BCUT2D eigenvalue weighted by Gasteiger charge is -2.21. The highest BCUT2D eigenvalue weighted by Gasteiger charge is 2.20. The summed E-state index contributed by atoms with van der Waals surface area (Å²) in [7, 11) is 0. The van der Waals surface area contributed by atoms with Crippen molar-refractivity contribution in [2.45, 2.75) is 45.1 Å². The Kier molecular flexibility index (Phi) is 7.67. The third kappa shape index (κ3) is 5.19. The molecule has 5 aromatic carbocycles. The summed E-state index contributed by atoms with van der Waals surface area (Å²) in [5.74, 6) is 0. The second-order valence-corrected chi connectivity index (χ2v) is 11.4. The summed E-state index contributed by atoms with van der Waals surface area (Å²) in [6.07, 6.45) is 17.9. The first-order chi connectivity index (χ1) is 21.3. The topological polar surface area (TPSA) is 25.2 Å². The molecule has 43 heavy (non-hydrogen) atoms. The zero-order valence-electron chi connectivity index (χ0n) is 24.7. The predicted molar refractivity (Wildman–Crippen MR) is 185 cm³/mol. The van der Waals surface area contributed by atoms with Crippen LogP contribution in [0.4, 0.5) is 0 Å². The van der Waals surface area contributed by atoms with Crippen LogP contribution in [0.2, 0.25) is 0 Å². The first-order valence-corrected chi connectivity index (χ1v) is 15.6. The summed E-state index contributed by atoms with van der Waals surface area (Å²) < 4.78 is 0. The second kappa shape index (κ2) is 12.2. The minimum atomic E-state index is 0.113. The highest BCUT2D eigenvalue weighted by molar-refractivity contribution is 6.22. The Morgan fingerprint density at radius 2 is 1.42 bits per heavy atom. The van der Waals surface area contributed by atoms with Gasteiger partial charge in [-0.3, -0.25) is 9.98 Å². The molecule has 6 aromatic rings. The SMILES string of the molecule is CCCC(/N=C\Cc1cccnc1)c1cccc2c(-c3c4ccccc4c(C4=CCCC=C4)c4ccccc34)cccc12. The molecule has 0 amide bonds.